The fraction of sp³-hybridized carbons (Fsp3) is 0.200. The summed E-state index contributed by atoms with van der Waals surface area (Å²) in [6, 6.07) is 16.1. The number of methoxy groups -OCH3 is 1. The molecule has 2 heterocycles. The summed E-state index contributed by atoms with van der Waals surface area (Å²) < 4.78 is 12.5. The molecule has 0 saturated heterocycles. The number of rotatable bonds is 8. The minimum absolute atomic E-state index is 0.168. The maximum Gasteiger partial charge on any atom is 0.275 e. The number of carbonyl (C=O) groups excluding carboxylic acids is 1. The van der Waals surface area contributed by atoms with Crippen LogP contribution >= 0.6 is 0 Å². The summed E-state index contributed by atoms with van der Waals surface area (Å²) in [6.45, 7) is 2.08. The molecule has 2 aromatic carbocycles. The van der Waals surface area contributed by atoms with E-state index in [0.717, 1.165) is 16.5 Å². The number of aromatic nitrogens is 3. The summed E-state index contributed by atoms with van der Waals surface area (Å²) in [5.74, 6) is 0.850. The number of nitrogens with one attached hydrogen (secondary N) is 1. The highest BCUT2D eigenvalue weighted by Crippen LogP contribution is 2.31. The van der Waals surface area contributed by atoms with Crippen LogP contribution in [0.25, 0.3) is 10.8 Å². The second-order valence-corrected chi connectivity index (χ2v) is 7.54. The van der Waals surface area contributed by atoms with Gasteiger partial charge in [0, 0.05) is 17.8 Å². The predicted molar refractivity (Wildman–Crippen MR) is 124 cm³/mol. The molecule has 4 rings (SSSR count). The van der Waals surface area contributed by atoms with Gasteiger partial charge in [-0.2, -0.15) is 5.10 Å². The number of pyridine rings is 1. The van der Waals surface area contributed by atoms with Gasteiger partial charge in [0.1, 0.15) is 13.2 Å². The predicted octanol–water partition coefficient (Wildman–Crippen LogP) is 3.26. The maximum atomic E-state index is 12.6. The molecule has 0 aliphatic heterocycles. The van der Waals surface area contributed by atoms with E-state index in [9.17, 15) is 9.59 Å². The third-order valence-electron chi connectivity index (χ3n) is 5.26. The SMILES string of the molecule is COc1cc(C(C)NC(=O)Cn2ncc3ccccc3c2=O)ccc1OCc1ccncc1. The summed E-state index contributed by atoms with van der Waals surface area (Å²) in [4.78, 5) is 29.2. The van der Waals surface area contributed by atoms with Gasteiger partial charge in [-0.05, 0) is 48.4 Å². The van der Waals surface area contributed by atoms with Crippen molar-refractivity contribution in [1.82, 2.24) is 20.1 Å². The Kier molecular flexibility index (Phi) is 6.64. The van der Waals surface area contributed by atoms with Crippen LogP contribution in [-0.4, -0.2) is 27.8 Å². The zero-order valence-corrected chi connectivity index (χ0v) is 18.4. The topological polar surface area (TPSA) is 95.3 Å². The van der Waals surface area contributed by atoms with Gasteiger partial charge in [-0.25, -0.2) is 4.68 Å². The number of benzene rings is 2. The second kappa shape index (κ2) is 9.95. The average Bonchev–Trinajstić information content (AvgIpc) is 2.85. The first-order valence-corrected chi connectivity index (χ1v) is 10.5. The molecule has 1 atom stereocenters. The van der Waals surface area contributed by atoms with Crippen molar-refractivity contribution in [2.24, 2.45) is 0 Å². The molecule has 1 N–H and O–H groups in total. The van der Waals surface area contributed by atoms with Gasteiger partial charge >= 0.3 is 0 Å². The van der Waals surface area contributed by atoms with Gasteiger partial charge in [0.2, 0.25) is 5.91 Å². The van der Waals surface area contributed by atoms with Crippen molar-refractivity contribution < 1.29 is 14.3 Å². The monoisotopic (exact) mass is 444 g/mol. The van der Waals surface area contributed by atoms with Crippen molar-refractivity contribution in [2.75, 3.05) is 7.11 Å². The summed E-state index contributed by atoms with van der Waals surface area (Å²) in [5.41, 5.74) is 1.54. The number of hydrogen-bond acceptors (Lipinski definition) is 6. The fourth-order valence-corrected chi connectivity index (χ4v) is 3.46. The first kappa shape index (κ1) is 22.0. The van der Waals surface area contributed by atoms with Crippen molar-refractivity contribution in [1.29, 1.82) is 0 Å². The van der Waals surface area contributed by atoms with Crippen molar-refractivity contribution in [3.63, 3.8) is 0 Å². The molecular formula is C25H24N4O4. The Morgan fingerprint density at radius 3 is 2.67 bits per heavy atom. The molecule has 1 unspecified atom stereocenters. The first-order chi connectivity index (χ1) is 16.0. The van der Waals surface area contributed by atoms with Crippen LogP contribution in [0.2, 0.25) is 0 Å². The minimum Gasteiger partial charge on any atom is -0.493 e. The highest BCUT2D eigenvalue weighted by atomic mass is 16.5. The van der Waals surface area contributed by atoms with E-state index in [2.05, 4.69) is 15.4 Å². The lowest BCUT2D eigenvalue weighted by molar-refractivity contribution is -0.122. The molecule has 0 saturated carbocycles. The summed E-state index contributed by atoms with van der Waals surface area (Å²) >= 11 is 0. The lowest BCUT2D eigenvalue weighted by atomic mass is 10.1. The molecular weight excluding hydrogens is 420 g/mol. The van der Waals surface area contributed by atoms with Crippen molar-refractivity contribution in [3.05, 3.63) is 94.7 Å². The highest BCUT2D eigenvalue weighted by molar-refractivity contribution is 5.81. The number of nitrogens with zero attached hydrogens (tertiary/aromatic N) is 3. The Balaban J connectivity index is 1.42. The van der Waals surface area contributed by atoms with Crippen LogP contribution in [0.15, 0.2) is 78.0 Å². The van der Waals surface area contributed by atoms with Gasteiger partial charge in [-0.15, -0.1) is 0 Å². The molecule has 0 aliphatic rings. The molecule has 168 valence electrons. The Bertz CT molecular complexity index is 1320. The Morgan fingerprint density at radius 1 is 1.09 bits per heavy atom. The number of fused-ring (bicyclic) bond motifs is 1. The number of carbonyl (C=O) groups is 1. The molecule has 0 bridgehead atoms. The smallest absolute Gasteiger partial charge is 0.275 e. The number of hydrogen-bond donors (Lipinski definition) is 1. The van der Waals surface area contributed by atoms with Crippen molar-refractivity contribution >= 4 is 16.7 Å². The van der Waals surface area contributed by atoms with Crippen LogP contribution < -0.4 is 20.3 Å². The van der Waals surface area contributed by atoms with Gasteiger partial charge in [-0.1, -0.05) is 24.3 Å². The lowest BCUT2D eigenvalue weighted by Crippen LogP contribution is -2.34. The van der Waals surface area contributed by atoms with E-state index in [0.29, 0.717) is 23.5 Å². The second-order valence-electron chi connectivity index (χ2n) is 7.54. The maximum absolute atomic E-state index is 12.6. The van der Waals surface area contributed by atoms with E-state index in [1.165, 1.54) is 4.68 Å². The van der Waals surface area contributed by atoms with E-state index >= 15 is 0 Å². The molecule has 0 radical (unpaired) electrons. The number of ether oxygens (including phenoxy) is 2. The summed E-state index contributed by atoms with van der Waals surface area (Å²) in [7, 11) is 1.57. The van der Waals surface area contributed by atoms with Crippen LogP contribution in [0.1, 0.15) is 24.1 Å². The number of amides is 1. The van der Waals surface area contributed by atoms with Crippen LogP contribution in [0.3, 0.4) is 0 Å². The minimum atomic E-state index is -0.315. The Hall–Kier alpha value is -4.20. The molecule has 33 heavy (non-hydrogen) atoms. The van der Waals surface area contributed by atoms with Crippen LogP contribution in [0.4, 0.5) is 0 Å². The van der Waals surface area contributed by atoms with Crippen LogP contribution in [0.5, 0.6) is 11.5 Å². The first-order valence-electron chi connectivity index (χ1n) is 10.5. The van der Waals surface area contributed by atoms with E-state index < -0.39 is 0 Å². The van der Waals surface area contributed by atoms with Crippen molar-refractivity contribution in [2.45, 2.75) is 26.1 Å². The van der Waals surface area contributed by atoms with E-state index in [1.807, 2.05) is 49.4 Å². The molecule has 4 aromatic rings. The van der Waals surface area contributed by atoms with Gasteiger partial charge in [-0.3, -0.25) is 14.6 Å². The highest BCUT2D eigenvalue weighted by Gasteiger charge is 2.15. The van der Waals surface area contributed by atoms with E-state index in [-0.39, 0.29) is 24.1 Å². The fourth-order valence-electron chi connectivity index (χ4n) is 3.46. The summed E-state index contributed by atoms with van der Waals surface area (Å²) in [5, 5.41) is 8.29. The third-order valence-corrected chi connectivity index (χ3v) is 5.26. The van der Waals surface area contributed by atoms with Gasteiger partial charge in [0.15, 0.2) is 11.5 Å². The van der Waals surface area contributed by atoms with E-state index in [1.54, 1.807) is 37.8 Å². The average molecular weight is 444 g/mol. The Labute approximate surface area is 190 Å². The largest absolute Gasteiger partial charge is 0.493 e. The summed E-state index contributed by atoms with van der Waals surface area (Å²) in [6.07, 6.45) is 5.01. The molecule has 2 aromatic heterocycles. The third kappa shape index (κ3) is 5.17. The van der Waals surface area contributed by atoms with E-state index in [4.69, 9.17) is 9.47 Å². The van der Waals surface area contributed by atoms with Crippen LogP contribution in [-0.2, 0) is 17.9 Å². The lowest BCUT2D eigenvalue weighted by Gasteiger charge is -2.17. The molecule has 0 spiro atoms. The molecule has 8 heteroatoms. The van der Waals surface area contributed by atoms with Gasteiger partial charge in [0.25, 0.3) is 5.56 Å². The molecule has 0 fully saturated rings. The van der Waals surface area contributed by atoms with Gasteiger partial charge in [0.05, 0.1) is 24.7 Å². The quantitative estimate of drug-likeness (QED) is 0.448. The molecule has 8 nitrogen and oxygen atoms in total. The zero-order chi connectivity index (χ0) is 23.2. The Morgan fingerprint density at radius 2 is 1.88 bits per heavy atom. The molecule has 1 amide bonds. The van der Waals surface area contributed by atoms with Gasteiger partial charge < -0.3 is 14.8 Å². The van der Waals surface area contributed by atoms with Crippen LogP contribution in [0, 0.1) is 0 Å². The standard InChI is InChI=1S/C25H24N4O4/c1-17(28-24(30)15-29-25(31)21-6-4-3-5-20(21)14-27-29)19-7-8-22(23(13-19)32-2)33-16-18-9-11-26-12-10-18/h3-14,17H,15-16H2,1-2H3,(H,28,30). The zero-order valence-electron chi connectivity index (χ0n) is 18.4. The molecule has 0 aliphatic carbocycles. The normalized spacial score (nSPS) is 11.7. The van der Waals surface area contributed by atoms with Crippen molar-refractivity contribution in [3.8, 4) is 11.5 Å².